The summed E-state index contributed by atoms with van der Waals surface area (Å²) in [6.45, 7) is 1.15. The molecule has 1 unspecified atom stereocenters. The third-order valence-corrected chi connectivity index (χ3v) is 1.70. The molecule has 0 spiro atoms. The van der Waals surface area contributed by atoms with Crippen molar-refractivity contribution >= 4 is 11.7 Å². The van der Waals surface area contributed by atoms with Gasteiger partial charge in [0.2, 0.25) is 5.78 Å². The van der Waals surface area contributed by atoms with Gasteiger partial charge in [0.05, 0.1) is 0 Å². The van der Waals surface area contributed by atoms with Gasteiger partial charge in [-0.2, -0.15) is 0 Å². The molecule has 4 heteroatoms. The first-order valence-corrected chi connectivity index (χ1v) is 4.15. The average Bonchev–Trinajstić information content (AvgIpc) is 2.19. The van der Waals surface area contributed by atoms with Crippen molar-refractivity contribution in [1.82, 2.24) is 5.32 Å². The van der Waals surface area contributed by atoms with Crippen LogP contribution in [0.4, 0.5) is 0 Å². The maximum absolute atomic E-state index is 10.9. The number of aliphatic hydroxyl groups excluding tert-OH is 1. The van der Waals surface area contributed by atoms with Crippen molar-refractivity contribution in [2.24, 2.45) is 0 Å². The van der Waals surface area contributed by atoms with Crippen molar-refractivity contribution in [1.29, 1.82) is 0 Å². The van der Waals surface area contributed by atoms with E-state index in [1.807, 2.05) is 0 Å². The predicted molar refractivity (Wildman–Crippen MR) is 50.2 cm³/mol. The third-order valence-electron chi connectivity index (χ3n) is 1.70. The fourth-order valence-corrected chi connectivity index (χ4v) is 0.944. The zero-order chi connectivity index (χ0) is 10.6. The largest absolute Gasteiger partial charge is 0.369 e. The zero-order valence-electron chi connectivity index (χ0n) is 7.73. The number of hydrogen-bond donors (Lipinski definition) is 2. The van der Waals surface area contributed by atoms with Gasteiger partial charge in [0.25, 0.3) is 5.91 Å². The maximum Gasteiger partial charge on any atom is 0.289 e. The van der Waals surface area contributed by atoms with Gasteiger partial charge in [0.1, 0.15) is 0 Å². The molecule has 74 valence electrons. The summed E-state index contributed by atoms with van der Waals surface area (Å²) in [6.07, 6.45) is -1.13. The Hall–Kier alpha value is -1.68. The van der Waals surface area contributed by atoms with Gasteiger partial charge in [0, 0.05) is 12.5 Å². The first-order valence-electron chi connectivity index (χ1n) is 4.15. The lowest BCUT2D eigenvalue weighted by molar-refractivity contribution is -0.138. The van der Waals surface area contributed by atoms with Crippen molar-refractivity contribution in [3.05, 3.63) is 35.9 Å². The summed E-state index contributed by atoms with van der Waals surface area (Å²) in [5, 5.41) is 11.6. The molecule has 1 atom stereocenters. The normalized spacial score (nSPS) is 11.9. The van der Waals surface area contributed by atoms with Crippen molar-refractivity contribution in [2.45, 2.75) is 13.2 Å². The van der Waals surface area contributed by atoms with Crippen LogP contribution in [-0.4, -0.2) is 16.8 Å². The van der Waals surface area contributed by atoms with E-state index in [0.29, 0.717) is 5.56 Å². The quantitative estimate of drug-likeness (QED) is 0.538. The van der Waals surface area contributed by atoms with E-state index in [1.165, 1.54) is 0 Å². The summed E-state index contributed by atoms with van der Waals surface area (Å²) in [4.78, 5) is 21.5. The topological polar surface area (TPSA) is 66.4 Å². The maximum atomic E-state index is 10.9. The standard InChI is InChI=1S/C10H11NO3/c1-7(12)9(13)11-10(14)8-5-3-2-4-6-8/h2-6,10,14H,1H3,(H,11,13). The number of ketones is 1. The van der Waals surface area contributed by atoms with E-state index >= 15 is 0 Å². The van der Waals surface area contributed by atoms with Crippen molar-refractivity contribution < 1.29 is 14.7 Å². The Morgan fingerprint density at radius 2 is 1.86 bits per heavy atom. The molecule has 0 saturated heterocycles. The Balaban J connectivity index is 2.64. The highest BCUT2D eigenvalue weighted by Gasteiger charge is 2.13. The summed E-state index contributed by atoms with van der Waals surface area (Å²) < 4.78 is 0. The van der Waals surface area contributed by atoms with E-state index in [1.54, 1.807) is 30.3 Å². The van der Waals surface area contributed by atoms with E-state index in [-0.39, 0.29) is 0 Å². The van der Waals surface area contributed by atoms with Gasteiger partial charge >= 0.3 is 0 Å². The number of Topliss-reactive ketones (excluding diaryl/α,β-unsaturated/α-hetero) is 1. The molecule has 0 saturated carbocycles. The highest BCUT2D eigenvalue weighted by Crippen LogP contribution is 2.07. The number of rotatable bonds is 3. The predicted octanol–water partition coefficient (Wildman–Crippen LogP) is 0.383. The lowest BCUT2D eigenvalue weighted by atomic mass is 10.2. The molecule has 0 fully saturated rings. The Bertz CT molecular complexity index is 334. The first-order chi connectivity index (χ1) is 6.61. The number of nitrogens with one attached hydrogen (secondary N) is 1. The van der Waals surface area contributed by atoms with Crippen LogP contribution in [0, 0.1) is 0 Å². The monoisotopic (exact) mass is 193 g/mol. The first kappa shape index (κ1) is 10.4. The molecule has 2 N–H and O–H groups in total. The smallest absolute Gasteiger partial charge is 0.289 e. The van der Waals surface area contributed by atoms with Crippen LogP contribution in [0.2, 0.25) is 0 Å². The Morgan fingerprint density at radius 1 is 1.29 bits per heavy atom. The second-order valence-corrected chi connectivity index (χ2v) is 2.84. The van der Waals surface area contributed by atoms with Gasteiger partial charge in [-0.3, -0.25) is 9.59 Å². The lowest BCUT2D eigenvalue weighted by Gasteiger charge is -2.11. The minimum absolute atomic E-state index is 0.544. The van der Waals surface area contributed by atoms with Gasteiger partial charge in [-0.05, 0) is 0 Å². The van der Waals surface area contributed by atoms with Gasteiger partial charge < -0.3 is 10.4 Å². The number of amides is 1. The Morgan fingerprint density at radius 3 is 2.36 bits per heavy atom. The zero-order valence-corrected chi connectivity index (χ0v) is 7.73. The summed E-state index contributed by atoms with van der Waals surface area (Å²) in [5.41, 5.74) is 0.544. The van der Waals surface area contributed by atoms with Gasteiger partial charge in [0.15, 0.2) is 6.23 Å². The molecule has 14 heavy (non-hydrogen) atoms. The van der Waals surface area contributed by atoms with Gasteiger partial charge in [-0.15, -0.1) is 0 Å². The molecule has 1 aromatic rings. The molecular formula is C10H11NO3. The molecule has 1 amide bonds. The summed E-state index contributed by atoms with van der Waals surface area (Å²) in [5.74, 6) is -1.42. The molecule has 1 rings (SSSR count). The number of aliphatic hydroxyl groups is 1. The van der Waals surface area contributed by atoms with Crippen LogP contribution in [0.5, 0.6) is 0 Å². The number of hydrogen-bond acceptors (Lipinski definition) is 3. The van der Waals surface area contributed by atoms with Crippen LogP contribution < -0.4 is 5.32 Å². The number of benzene rings is 1. The molecule has 1 aromatic carbocycles. The lowest BCUT2D eigenvalue weighted by Crippen LogP contribution is -2.32. The second-order valence-electron chi connectivity index (χ2n) is 2.84. The van der Waals surface area contributed by atoms with Crippen molar-refractivity contribution in [3.8, 4) is 0 Å². The van der Waals surface area contributed by atoms with Crippen LogP contribution in [0.1, 0.15) is 18.7 Å². The molecule has 0 aliphatic heterocycles. The molecule has 0 heterocycles. The molecule has 0 bridgehead atoms. The SMILES string of the molecule is CC(=O)C(=O)NC(O)c1ccccc1. The second kappa shape index (κ2) is 4.53. The fraction of sp³-hybridized carbons (Fsp3) is 0.200. The highest BCUT2D eigenvalue weighted by atomic mass is 16.3. The summed E-state index contributed by atoms with van der Waals surface area (Å²) in [6, 6.07) is 8.58. The molecule has 4 nitrogen and oxygen atoms in total. The summed E-state index contributed by atoms with van der Waals surface area (Å²) >= 11 is 0. The van der Waals surface area contributed by atoms with E-state index in [2.05, 4.69) is 5.32 Å². The van der Waals surface area contributed by atoms with Crippen LogP contribution in [0.3, 0.4) is 0 Å². The van der Waals surface area contributed by atoms with E-state index in [9.17, 15) is 14.7 Å². The minimum Gasteiger partial charge on any atom is -0.369 e. The molecule has 0 aliphatic carbocycles. The van der Waals surface area contributed by atoms with Gasteiger partial charge in [-0.25, -0.2) is 0 Å². The van der Waals surface area contributed by atoms with Crippen LogP contribution in [-0.2, 0) is 9.59 Å². The van der Waals surface area contributed by atoms with Crippen LogP contribution in [0.25, 0.3) is 0 Å². The molecule has 0 aliphatic rings. The number of carbonyl (C=O) groups excluding carboxylic acids is 2. The molecule has 0 aromatic heterocycles. The van der Waals surface area contributed by atoms with E-state index in [4.69, 9.17) is 0 Å². The van der Waals surface area contributed by atoms with E-state index < -0.39 is 17.9 Å². The fourth-order valence-electron chi connectivity index (χ4n) is 0.944. The third kappa shape index (κ3) is 2.67. The highest BCUT2D eigenvalue weighted by molar-refractivity contribution is 6.35. The Labute approximate surface area is 81.6 Å². The molecule has 0 radical (unpaired) electrons. The van der Waals surface area contributed by atoms with E-state index in [0.717, 1.165) is 6.92 Å². The van der Waals surface area contributed by atoms with Crippen LogP contribution in [0.15, 0.2) is 30.3 Å². The Kier molecular flexibility index (Phi) is 3.36. The number of carbonyl (C=O) groups is 2. The van der Waals surface area contributed by atoms with Crippen LogP contribution >= 0.6 is 0 Å². The van der Waals surface area contributed by atoms with Crippen molar-refractivity contribution in [2.75, 3.05) is 0 Å². The summed E-state index contributed by atoms with van der Waals surface area (Å²) in [7, 11) is 0. The minimum atomic E-state index is -1.13. The van der Waals surface area contributed by atoms with Crippen molar-refractivity contribution in [3.63, 3.8) is 0 Å². The van der Waals surface area contributed by atoms with Gasteiger partial charge in [-0.1, -0.05) is 30.3 Å². The molecular weight excluding hydrogens is 182 g/mol. The average molecular weight is 193 g/mol.